The summed E-state index contributed by atoms with van der Waals surface area (Å²) in [6, 6.07) is 11.8. The number of ether oxygens (including phenoxy) is 1. The maximum Gasteiger partial charge on any atom is 0.150 e. The van der Waals surface area contributed by atoms with Gasteiger partial charge in [-0.1, -0.05) is 6.07 Å². The summed E-state index contributed by atoms with van der Waals surface area (Å²) < 4.78 is 5.92. The number of aldehydes is 1. The summed E-state index contributed by atoms with van der Waals surface area (Å²) in [6.45, 7) is 1.95. The highest BCUT2D eigenvalue weighted by Crippen LogP contribution is 2.30. The molecule has 0 atom stereocenters. The van der Waals surface area contributed by atoms with E-state index in [2.05, 4.69) is 12.1 Å². The van der Waals surface area contributed by atoms with Crippen molar-refractivity contribution in [3.63, 3.8) is 0 Å². The zero-order valence-electron chi connectivity index (χ0n) is 11.0. The highest BCUT2D eigenvalue weighted by Gasteiger charge is 2.12. The first-order valence-corrected chi connectivity index (χ1v) is 6.62. The zero-order valence-corrected chi connectivity index (χ0v) is 11.0. The number of hydrogen-bond acceptors (Lipinski definition) is 2. The normalized spacial score (nSPS) is 13.1. The van der Waals surface area contributed by atoms with Gasteiger partial charge >= 0.3 is 0 Å². The lowest BCUT2D eigenvalue weighted by atomic mass is 10.1. The molecular weight excluding hydrogens is 236 g/mol. The van der Waals surface area contributed by atoms with Gasteiger partial charge < -0.3 is 4.74 Å². The van der Waals surface area contributed by atoms with Crippen LogP contribution in [0.25, 0.3) is 0 Å². The molecule has 1 aliphatic carbocycles. The van der Waals surface area contributed by atoms with Crippen molar-refractivity contribution in [3.8, 4) is 11.5 Å². The number of fused-ring (bicyclic) bond motifs is 1. The predicted octanol–water partition coefficient (Wildman–Crippen LogP) is 4.09. The standard InChI is InChI=1S/C17H16O2/c1-12-9-13(11-18)5-8-17(12)19-16-7-6-14-3-2-4-15(14)10-16/h5-11H,2-4H2,1H3. The first-order chi connectivity index (χ1) is 9.26. The number of benzene rings is 2. The van der Waals surface area contributed by atoms with Crippen LogP contribution in [0.1, 0.15) is 33.5 Å². The molecule has 0 saturated heterocycles. The molecule has 2 aromatic carbocycles. The summed E-state index contributed by atoms with van der Waals surface area (Å²) in [6.07, 6.45) is 4.43. The number of carbonyl (C=O) groups excluding carboxylic acids is 1. The van der Waals surface area contributed by atoms with Gasteiger partial charge in [0.15, 0.2) is 0 Å². The van der Waals surface area contributed by atoms with E-state index < -0.39 is 0 Å². The Bertz CT molecular complexity index is 629. The van der Waals surface area contributed by atoms with E-state index in [0.29, 0.717) is 5.56 Å². The molecule has 2 aromatic rings. The van der Waals surface area contributed by atoms with E-state index in [1.54, 1.807) is 6.07 Å². The van der Waals surface area contributed by atoms with Crippen LogP contribution < -0.4 is 4.74 Å². The quantitative estimate of drug-likeness (QED) is 0.769. The lowest BCUT2D eigenvalue weighted by Crippen LogP contribution is -1.91. The molecular formula is C17H16O2. The van der Waals surface area contributed by atoms with Gasteiger partial charge in [-0.2, -0.15) is 0 Å². The maximum absolute atomic E-state index is 10.7. The topological polar surface area (TPSA) is 26.3 Å². The smallest absolute Gasteiger partial charge is 0.150 e. The van der Waals surface area contributed by atoms with Crippen LogP contribution >= 0.6 is 0 Å². The van der Waals surface area contributed by atoms with Gasteiger partial charge in [-0.25, -0.2) is 0 Å². The fourth-order valence-corrected chi connectivity index (χ4v) is 2.60. The summed E-state index contributed by atoms with van der Waals surface area (Å²) in [5.74, 6) is 1.69. The van der Waals surface area contributed by atoms with Gasteiger partial charge in [0, 0.05) is 5.56 Å². The largest absolute Gasteiger partial charge is 0.457 e. The van der Waals surface area contributed by atoms with Crippen molar-refractivity contribution < 1.29 is 9.53 Å². The molecule has 0 radical (unpaired) electrons. The molecule has 19 heavy (non-hydrogen) atoms. The maximum atomic E-state index is 10.7. The van der Waals surface area contributed by atoms with Crippen molar-refractivity contribution in [1.29, 1.82) is 0 Å². The molecule has 0 spiro atoms. The Labute approximate surface area is 113 Å². The third kappa shape index (κ3) is 2.39. The van der Waals surface area contributed by atoms with Crippen LogP contribution in [0.2, 0.25) is 0 Å². The molecule has 96 valence electrons. The first kappa shape index (κ1) is 12.0. The molecule has 0 bridgehead atoms. The second-order valence-corrected chi connectivity index (χ2v) is 5.03. The number of rotatable bonds is 3. The molecule has 0 unspecified atom stereocenters. The van der Waals surface area contributed by atoms with Gasteiger partial charge in [-0.05, 0) is 73.2 Å². The van der Waals surface area contributed by atoms with E-state index in [1.807, 2.05) is 25.1 Å². The molecule has 0 aromatic heterocycles. The molecule has 2 nitrogen and oxygen atoms in total. The van der Waals surface area contributed by atoms with Crippen LogP contribution in [0, 0.1) is 6.92 Å². The Kier molecular flexibility index (Phi) is 3.08. The summed E-state index contributed by atoms with van der Waals surface area (Å²) in [5.41, 5.74) is 4.50. The van der Waals surface area contributed by atoms with Crippen molar-refractivity contribution in [2.45, 2.75) is 26.2 Å². The van der Waals surface area contributed by atoms with Crippen molar-refractivity contribution in [2.24, 2.45) is 0 Å². The van der Waals surface area contributed by atoms with Crippen molar-refractivity contribution in [2.75, 3.05) is 0 Å². The Morgan fingerprint density at radius 1 is 1.05 bits per heavy atom. The highest BCUT2D eigenvalue weighted by atomic mass is 16.5. The molecule has 0 aliphatic heterocycles. The molecule has 0 N–H and O–H groups in total. The van der Waals surface area contributed by atoms with Gasteiger partial charge in [0.2, 0.25) is 0 Å². The van der Waals surface area contributed by atoms with Gasteiger partial charge in [0.05, 0.1) is 0 Å². The van der Waals surface area contributed by atoms with E-state index in [0.717, 1.165) is 29.8 Å². The first-order valence-electron chi connectivity index (χ1n) is 6.62. The third-order valence-corrected chi connectivity index (χ3v) is 3.63. The van der Waals surface area contributed by atoms with E-state index in [-0.39, 0.29) is 0 Å². The van der Waals surface area contributed by atoms with E-state index in [4.69, 9.17) is 4.74 Å². The predicted molar refractivity (Wildman–Crippen MR) is 75.1 cm³/mol. The van der Waals surface area contributed by atoms with Crippen LogP contribution in [-0.4, -0.2) is 6.29 Å². The average molecular weight is 252 g/mol. The Balaban J connectivity index is 1.87. The summed E-state index contributed by atoms with van der Waals surface area (Å²) in [7, 11) is 0. The summed E-state index contributed by atoms with van der Waals surface area (Å²) in [4.78, 5) is 10.7. The minimum absolute atomic E-state index is 0.679. The highest BCUT2D eigenvalue weighted by molar-refractivity contribution is 5.75. The Morgan fingerprint density at radius 3 is 2.68 bits per heavy atom. The second-order valence-electron chi connectivity index (χ2n) is 5.03. The van der Waals surface area contributed by atoms with Gasteiger partial charge in [-0.3, -0.25) is 4.79 Å². The zero-order chi connectivity index (χ0) is 13.2. The fourth-order valence-electron chi connectivity index (χ4n) is 2.60. The van der Waals surface area contributed by atoms with Crippen LogP contribution in [0.4, 0.5) is 0 Å². The second kappa shape index (κ2) is 4.88. The summed E-state index contributed by atoms with van der Waals surface area (Å²) >= 11 is 0. The minimum atomic E-state index is 0.679. The fraction of sp³-hybridized carbons (Fsp3) is 0.235. The number of hydrogen-bond donors (Lipinski definition) is 0. The monoisotopic (exact) mass is 252 g/mol. The van der Waals surface area contributed by atoms with Crippen molar-refractivity contribution >= 4 is 6.29 Å². The van der Waals surface area contributed by atoms with Crippen LogP contribution in [0.5, 0.6) is 11.5 Å². The molecule has 1 aliphatic rings. The molecule has 0 amide bonds. The lowest BCUT2D eigenvalue weighted by molar-refractivity contribution is 0.112. The van der Waals surface area contributed by atoms with Crippen molar-refractivity contribution in [1.82, 2.24) is 0 Å². The van der Waals surface area contributed by atoms with Crippen LogP contribution in [-0.2, 0) is 12.8 Å². The number of carbonyl (C=O) groups is 1. The Morgan fingerprint density at radius 2 is 1.89 bits per heavy atom. The van der Waals surface area contributed by atoms with Gasteiger partial charge in [-0.15, -0.1) is 0 Å². The average Bonchev–Trinajstić information content (AvgIpc) is 2.88. The number of aryl methyl sites for hydroxylation is 3. The molecule has 3 rings (SSSR count). The molecule has 0 fully saturated rings. The summed E-state index contributed by atoms with van der Waals surface area (Å²) in [5, 5.41) is 0. The van der Waals surface area contributed by atoms with Crippen LogP contribution in [0.15, 0.2) is 36.4 Å². The lowest BCUT2D eigenvalue weighted by Gasteiger charge is -2.10. The Hall–Kier alpha value is -2.09. The minimum Gasteiger partial charge on any atom is -0.457 e. The SMILES string of the molecule is Cc1cc(C=O)ccc1Oc1ccc2c(c1)CCC2. The van der Waals surface area contributed by atoms with E-state index in [1.165, 1.54) is 24.0 Å². The molecule has 0 heterocycles. The van der Waals surface area contributed by atoms with Crippen molar-refractivity contribution in [3.05, 3.63) is 58.7 Å². The van der Waals surface area contributed by atoms with E-state index in [9.17, 15) is 4.79 Å². The van der Waals surface area contributed by atoms with Crippen LogP contribution in [0.3, 0.4) is 0 Å². The molecule has 0 saturated carbocycles. The van der Waals surface area contributed by atoms with Gasteiger partial charge in [0.25, 0.3) is 0 Å². The van der Waals surface area contributed by atoms with Gasteiger partial charge in [0.1, 0.15) is 17.8 Å². The van der Waals surface area contributed by atoms with E-state index >= 15 is 0 Å². The molecule has 2 heteroatoms. The third-order valence-electron chi connectivity index (χ3n) is 3.63.